The van der Waals surface area contributed by atoms with Gasteiger partial charge in [-0.2, -0.15) is 0 Å². The molecule has 3 aliphatic rings. The van der Waals surface area contributed by atoms with Crippen molar-refractivity contribution >= 4 is 11.9 Å². The molecular formula is C19H33N3O5. The van der Waals surface area contributed by atoms with Gasteiger partial charge in [-0.25, -0.2) is 4.79 Å². The molecule has 3 saturated heterocycles. The van der Waals surface area contributed by atoms with E-state index in [2.05, 4.69) is 5.32 Å². The number of rotatable bonds is 4. The van der Waals surface area contributed by atoms with Crippen LogP contribution in [0.2, 0.25) is 0 Å². The Balaban J connectivity index is 1.59. The van der Waals surface area contributed by atoms with E-state index in [0.717, 1.165) is 45.3 Å². The van der Waals surface area contributed by atoms with E-state index in [9.17, 15) is 9.59 Å². The summed E-state index contributed by atoms with van der Waals surface area (Å²) >= 11 is 0. The molecule has 8 heteroatoms. The number of nitrogens with one attached hydrogen (secondary N) is 1. The van der Waals surface area contributed by atoms with E-state index in [-0.39, 0.29) is 24.1 Å². The first-order valence-electron chi connectivity index (χ1n) is 10.1. The van der Waals surface area contributed by atoms with Crippen molar-refractivity contribution in [3.8, 4) is 0 Å². The van der Waals surface area contributed by atoms with Crippen molar-refractivity contribution in [2.24, 2.45) is 5.92 Å². The summed E-state index contributed by atoms with van der Waals surface area (Å²) < 4.78 is 16.1. The second kappa shape index (κ2) is 9.71. The van der Waals surface area contributed by atoms with E-state index in [0.29, 0.717) is 45.3 Å². The summed E-state index contributed by atoms with van der Waals surface area (Å²) in [4.78, 5) is 29.1. The van der Waals surface area contributed by atoms with Gasteiger partial charge in [0.05, 0.1) is 6.61 Å². The van der Waals surface area contributed by atoms with Crippen molar-refractivity contribution in [2.75, 3.05) is 66.3 Å². The first-order valence-corrected chi connectivity index (χ1v) is 10.1. The number of hydrogen-bond donors (Lipinski definition) is 1. The van der Waals surface area contributed by atoms with Gasteiger partial charge in [-0.3, -0.25) is 4.79 Å². The minimum Gasteiger partial charge on any atom is -0.381 e. The summed E-state index contributed by atoms with van der Waals surface area (Å²) in [7, 11) is 1.54. The zero-order chi connectivity index (χ0) is 19.1. The molecule has 27 heavy (non-hydrogen) atoms. The lowest BCUT2D eigenvalue weighted by molar-refractivity contribution is -0.145. The van der Waals surface area contributed by atoms with Crippen LogP contribution in [-0.4, -0.2) is 93.6 Å². The largest absolute Gasteiger partial charge is 0.381 e. The maximum Gasteiger partial charge on any atom is 0.317 e. The van der Waals surface area contributed by atoms with Gasteiger partial charge in [0.15, 0.2) is 0 Å². The van der Waals surface area contributed by atoms with Gasteiger partial charge in [-0.1, -0.05) is 0 Å². The average Bonchev–Trinajstić information content (AvgIpc) is 2.88. The molecule has 1 N–H and O–H groups in total. The number of amides is 3. The number of hydrogen-bond acceptors (Lipinski definition) is 5. The van der Waals surface area contributed by atoms with E-state index in [4.69, 9.17) is 14.2 Å². The standard InChI is InChI=1S/C19H33N3O5/c1-25-15-17(23)22-9-8-21(7-4-19(22)5-11-26-12-6-19)18(24)20-13-16-3-2-10-27-14-16/h16H,2-15H2,1H3,(H,20,24). The Morgan fingerprint density at radius 1 is 1.11 bits per heavy atom. The topological polar surface area (TPSA) is 80.3 Å². The fourth-order valence-corrected chi connectivity index (χ4v) is 4.42. The maximum absolute atomic E-state index is 12.7. The number of methoxy groups -OCH3 is 1. The SMILES string of the molecule is COCC(=O)N1CCN(C(=O)NCC2CCCOC2)CCC12CCOCC2. The zero-order valence-corrected chi connectivity index (χ0v) is 16.4. The third kappa shape index (κ3) is 5.12. The highest BCUT2D eigenvalue weighted by atomic mass is 16.5. The van der Waals surface area contributed by atoms with E-state index in [1.807, 2.05) is 9.80 Å². The van der Waals surface area contributed by atoms with Gasteiger partial charge < -0.3 is 29.3 Å². The summed E-state index contributed by atoms with van der Waals surface area (Å²) in [5.74, 6) is 0.400. The fourth-order valence-electron chi connectivity index (χ4n) is 4.42. The summed E-state index contributed by atoms with van der Waals surface area (Å²) in [6.45, 7) is 5.35. The third-order valence-electron chi connectivity index (χ3n) is 6.09. The van der Waals surface area contributed by atoms with E-state index >= 15 is 0 Å². The van der Waals surface area contributed by atoms with Gasteiger partial charge in [-0.05, 0) is 38.0 Å². The number of nitrogens with zero attached hydrogens (tertiary/aromatic N) is 2. The van der Waals surface area contributed by atoms with Crippen LogP contribution in [0.15, 0.2) is 0 Å². The first kappa shape index (κ1) is 20.4. The van der Waals surface area contributed by atoms with Crippen molar-refractivity contribution in [1.29, 1.82) is 0 Å². The van der Waals surface area contributed by atoms with Gasteiger partial charge in [0.2, 0.25) is 5.91 Å². The Hall–Kier alpha value is -1.38. The molecule has 0 bridgehead atoms. The van der Waals surface area contributed by atoms with Crippen molar-refractivity contribution in [3.63, 3.8) is 0 Å². The van der Waals surface area contributed by atoms with E-state index in [1.165, 1.54) is 0 Å². The van der Waals surface area contributed by atoms with Crippen molar-refractivity contribution in [1.82, 2.24) is 15.1 Å². The van der Waals surface area contributed by atoms with Gasteiger partial charge in [0.1, 0.15) is 6.61 Å². The molecule has 3 amide bonds. The lowest BCUT2D eigenvalue weighted by Gasteiger charge is -2.45. The fraction of sp³-hybridized carbons (Fsp3) is 0.895. The van der Waals surface area contributed by atoms with Gasteiger partial charge in [-0.15, -0.1) is 0 Å². The Morgan fingerprint density at radius 2 is 1.93 bits per heavy atom. The molecule has 0 aliphatic carbocycles. The van der Waals surface area contributed by atoms with Crippen LogP contribution in [-0.2, 0) is 19.0 Å². The summed E-state index contributed by atoms with van der Waals surface area (Å²) in [5, 5.41) is 3.06. The van der Waals surface area contributed by atoms with Crippen molar-refractivity contribution in [3.05, 3.63) is 0 Å². The monoisotopic (exact) mass is 383 g/mol. The van der Waals surface area contributed by atoms with Crippen molar-refractivity contribution in [2.45, 2.75) is 37.6 Å². The van der Waals surface area contributed by atoms with E-state index in [1.54, 1.807) is 7.11 Å². The molecule has 3 rings (SSSR count). The molecular weight excluding hydrogens is 350 g/mol. The molecule has 8 nitrogen and oxygen atoms in total. The highest BCUT2D eigenvalue weighted by Gasteiger charge is 2.43. The van der Waals surface area contributed by atoms with Gasteiger partial charge >= 0.3 is 6.03 Å². The zero-order valence-electron chi connectivity index (χ0n) is 16.4. The quantitative estimate of drug-likeness (QED) is 0.779. The molecule has 1 spiro atoms. The van der Waals surface area contributed by atoms with Crippen molar-refractivity contribution < 1.29 is 23.8 Å². The first-order chi connectivity index (χ1) is 13.1. The molecule has 3 heterocycles. The predicted octanol–water partition coefficient (Wildman–Crippen LogP) is 0.853. The number of carbonyl (C=O) groups excluding carboxylic acids is 2. The van der Waals surface area contributed by atoms with E-state index < -0.39 is 0 Å². The Bertz CT molecular complexity index is 504. The highest BCUT2D eigenvalue weighted by Crippen LogP contribution is 2.33. The molecule has 0 aromatic heterocycles. The maximum atomic E-state index is 12.7. The molecule has 154 valence electrons. The smallest absolute Gasteiger partial charge is 0.317 e. The summed E-state index contributed by atoms with van der Waals surface area (Å²) in [5.41, 5.74) is -0.222. The number of carbonyl (C=O) groups is 2. The van der Waals surface area contributed by atoms with Gasteiger partial charge in [0.25, 0.3) is 0 Å². The minimum absolute atomic E-state index is 0.000938. The molecule has 1 unspecified atom stereocenters. The molecule has 0 aromatic rings. The van der Waals surface area contributed by atoms with Crippen LogP contribution >= 0.6 is 0 Å². The number of urea groups is 1. The molecule has 0 aromatic carbocycles. The average molecular weight is 383 g/mol. The highest BCUT2D eigenvalue weighted by molar-refractivity contribution is 5.79. The Morgan fingerprint density at radius 3 is 2.63 bits per heavy atom. The molecule has 3 fully saturated rings. The second-order valence-electron chi connectivity index (χ2n) is 7.82. The van der Waals surface area contributed by atoms with Crippen LogP contribution in [0, 0.1) is 5.92 Å². The summed E-state index contributed by atoms with van der Waals surface area (Å²) in [6.07, 6.45) is 4.58. The van der Waals surface area contributed by atoms with Crippen LogP contribution in [0.3, 0.4) is 0 Å². The minimum atomic E-state index is -0.222. The van der Waals surface area contributed by atoms with Crippen LogP contribution in [0.5, 0.6) is 0 Å². The lowest BCUT2D eigenvalue weighted by atomic mass is 9.84. The van der Waals surface area contributed by atoms with Gasteiger partial charge in [0, 0.05) is 58.6 Å². The molecule has 1 atom stereocenters. The normalized spacial score (nSPS) is 25.9. The summed E-state index contributed by atoms with van der Waals surface area (Å²) in [6, 6.07) is -0.0381. The van der Waals surface area contributed by atoms with Crippen LogP contribution in [0.25, 0.3) is 0 Å². The molecule has 0 radical (unpaired) electrons. The Kier molecular flexibility index (Phi) is 7.32. The molecule has 0 saturated carbocycles. The second-order valence-corrected chi connectivity index (χ2v) is 7.82. The predicted molar refractivity (Wildman–Crippen MR) is 99.5 cm³/mol. The van der Waals surface area contributed by atoms with Crippen LogP contribution in [0.1, 0.15) is 32.1 Å². The van der Waals surface area contributed by atoms with Crippen LogP contribution in [0.4, 0.5) is 4.79 Å². The third-order valence-corrected chi connectivity index (χ3v) is 6.09. The lowest BCUT2D eigenvalue weighted by Crippen LogP contribution is -2.55. The van der Waals surface area contributed by atoms with Crippen LogP contribution < -0.4 is 5.32 Å². The molecule has 3 aliphatic heterocycles. The Labute approximate surface area is 161 Å². The number of ether oxygens (including phenoxy) is 3.